The van der Waals surface area contributed by atoms with Crippen LogP contribution < -0.4 is 5.32 Å². The second-order valence-electron chi connectivity index (χ2n) is 6.34. The van der Waals surface area contributed by atoms with Crippen molar-refractivity contribution in [3.63, 3.8) is 0 Å². The van der Waals surface area contributed by atoms with Crippen molar-refractivity contribution in [3.05, 3.63) is 59.4 Å². The number of hydrogen-bond acceptors (Lipinski definition) is 2. The quantitative estimate of drug-likeness (QED) is 0.636. The summed E-state index contributed by atoms with van der Waals surface area (Å²) in [5.41, 5.74) is 3.12. The molecule has 25 heavy (non-hydrogen) atoms. The molecule has 1 aliphatic heterocycles. The first-order chi connectivity index (χ1) is 12.2. The Hall–Kier alpha value is -2.11. The van der Waals surface area contributed by atoms with E-state index in [1.54, 1.807) is 0 Å². The zero-order chi connectivity index (χ0) is 17.2. The molecule has 2 heterocycles. The van der Waals surface area contributed by atoms with Gasteiger partial charge in [0.1, 0.15) is 5.82 Å². The van der Waals surface area contributed by atoms with E-state index in [4.69, 9.17) is 28.8 Å². The van der Waals surface area contributed by atoms with Crippen LogP contribution in [0.3, 0.4) is 0 Å². The summed E-state index contributed by atoms with van der Waals surface area (Å²) >= 11 is 11.5. The molecule has 1 aromatic heterocycles. The molecule has 0 radical (unpaired) electrons. The van der Waals surface area contributed by atoms with Crippen LogP contribution in [-0.4, -0.2) is 33.1 Å². The second kappa shape index (κ2) is 7.02. The first-order valence-electron chi connectivity index (χ1n) is 8.45. The number of thiocarbonyl (C=S) groups is 1. The van der Waals surface area contributed by atoms with Gasteiger partial charge in [-0.15, -0.1) is 0 Å². The summed E-state index contributed by atoms with van der Waals surface area (Å²) in [6.07, 6.45) is 2.09. The minimum Gasteiger partial charge on any atom is -0.349 e. The lowest BCUT2D eigenvalue weighted by molar-refractivity contribution is 0.311. The molecule has 4 nitrogen and oxygen atoms in total. The summed E-state index contributed by atoms with van der Waals surface area (Å²) < 4.78 is 0. The van der Waals surface area contributed by atoms with E-state index < -0.39 is 0 Å². The third-order valence-corrected chi connectivity index (χ3v) is 5.28. The smallest absolute Gasteiger partial charge is 0.173 e. The topological polar surface area (TPSA) is 44.0 Å². The maximum absolute atomic E-state index is 5.92. The van der Waals surface area contributed by atoms with Crippen molar-refractivity contribution < 1.29 is 0 Å². The molecule has 0 saturated carbocycles. The third kappa shape index (κ3) is 3.62. The highest BCUT2D eigenvalue weighted by molar-refractivity contribution is 7.80. The van der Waals surface area contributed by atoms with E-state index in [2.05, 4.69) is 27.3 Å². The van der Waals surface area contributed by atoms with Gasteiger partial charge in [0.05, 0.1) is 11.0 Å². The van der Waals surface area contributed by atoms with Crippen molar-refractivity contribution in [1.82, 2.24) is 14.9 Å². The van der Waals surface area contributed by atoms with E-state index in [9.17, 15) is 0 Å². The molecular formula is C19H19ClN4S. The number of hydrogen-bond donors (Lipinski definition) is 2. The molecule has 0 amide bonds. The number of nitrogens with one attached hydrogen (secondary N) is 2. The number of aromatic nitrogens is 2. The number of para-hydroxylation sites is 2. The molecule has 2 N–H and O–H groups in total. The van der Waals surface area contributed by atoms with Gasteiger partial charge in [-0.2, -0.15) is 0 Å². The number of likely N-dealkylation sites (tertiary alicyclic amines) is 1. The summed E-state index contributed by atoms with van der Waals surface area (Å²) in [5, 5.41) is 4.78. The highest BCUT2D eigenvalue weighted by atomic mass is 35.5. The van der Waals surface area contributed by atoms with Gasteiger partial charge in [-0.1, -0.05) is 23.7 Å². The summed E-state index contributed by atoms with van der Waals surface area (Å²) in [7, 11) is 0. The Morgan fingerprint density at radius 3 is 2.56 bits per heavy atom. The fourth-order valence-electron chi connectivity index (χ4n) is 3.26. The number of piperidine rings is 1. The molecule has 4 rings (SSSR count). The van der Waals surface area contributed by atoms with Crippen LogP contribution in [0.1, 0.15) is 24.6 Å². The zero-order valence-electron chi connectivity index (χ0n) is 13.7. The number of anilines is 1. The fourth-order valence-corrected chi connectivity index (χ4v) is 3.68. The standard InChI is InChI=1S/C19H19ClN4S/c20-14-5-7-15(8-6-14)21-19(25)24-11-9-13(10-12-24)18-22-16-3-1-2-4-17(16)23-18/h1-8,13H,9-12H2,(H,21,25)(H,22,23). The molecular weight excluding hydrogens is 352 g/mol. The SMILES string of the molecule is S=C(Nc1ccc(Cl)cc1)N1CCC(c2nc3ccccc3[nH]2)CC1. The first kappa shape index (κ1) is 16.4. The van der Waals surface area contributed by atoms with Gasteiger partial charge < -0.3 is 15.2 Å². The number of fused-ring (bicyclic) bond motifs is 1. The van der Waals surface area contributed by atoms with Crippen molar-refractivity contribution in [3.8, 4) is 0 Å². The fraction of sp³-hybridized carbons (Fsp3) is 0.263. The van der Waals surface area contributed by atoms with E-state index in [-0.39, 0.29) is 0 Å². The lowest BCUT2D eigenvalue weighted by Crippen LogP contribution is -2.40. The Balaban J connectivity index is 1.37. The van der Waals surface area contributed by atoms with Crippen LogP contribution in [0.15, 0.2) is 48.5 Å². The molecule has 1 fully saturated rings. The minimum atomic E-state index is 0.460. The highest BCUT2D eigenvalue weighted by Gasteiger charge is 2.24. The molecule has 0 bridgehead atoms. The lowest BCUT2D eigenvalue weighted by atomic mass is 9.96. The number of rotatable bonds is 2. The van der Waals surface area contributed by atoms with Crippen LogP contribution in [0.5, 0.6) is 0 Å². The normalized spacial score (nSPS) is 15.5. The van der Waals surface area contributed by atoms with Crippen molar-refractivity contribution in [2.75, 3.05) is 18.4 Å². The van der Waals surface area contributed by atoms with Gasteiger partial charge in [0.25, 0.3) is 0 Å². The first-order valence-corrected chi connectivity index (χ1v) is 9.24. The van der Waals surface area contributed by atoms with Crippen LogP contribution in [-0.2, 0) is 0 Å². The molecule has 1 saturated heterocycles. The summed E-state index contributed by atoms with van der Waals surface area (Å²) in [5.74, 6) is 1.56. The maximum atomic E-state index is 5.92. The van der Waals surface area contributed by atoms with Crippen LogP contribution in [0.2, 0.25) is 5.02 Å². The Morgan fingerprint density at radius 2 is 1.84 bits per heavy atom. The Morgan fingerprint density at radius 1 is 1.12 bits per heavy atom. The maximum Gasteiger partial charge on any atom is 0.173 e. The summed E-state index contributed by atoms with van der Waals surface area (Å²) in [6, 6.07) is 15.8. The molecule has 2 aromatic carbocycles. The van der Waals surface area contributed by atoms with Gasteiger partial charge >= 0.3 is 0 Å². The highest BCUT2D eigenvalue weighted by Crippen LogP contribution is 2.28. The van der Waals surface area contributed by atoms with E-state index in [1.807, 2.05) is 36.4 Å². The van der Waals surface area contributed by atoms with Crippen LogP contribution in [0, 0.1) is 0 Å². The summed E-state index contributed by atoms with van der Waals surface area (Å²) in [4.78, 5) is 10.4. The van der Waals surface area contributed by atoms with Gasteiger partial charge in [-0.3, -0.25) is 0 Å². The monoisotopic (exact) mass is 370 g/mol. The molecule has 0 unspecified atom stereocenters. The number of halogens is 1. The predicted octanol–water partition coefficient (Wildman–Crippen LogP) is 4.79. The number of imidazole rings is 1. The molecule has 0 atom stereocenters. The van der Waals surface area contributed by atoms with Crippen LogP contribution >= 0.6 is 23.8 Å². The molecule has 6 heteroatoms. The van der Waals surface area contributed by atoms with E-state index in [0.717, 1.165) is 58.6 Å². The van der Waals surface area contributed by atoms with Gasteiger partial charge in [0.15, 0.2) is 5.11 Å². The third-order valence-electron chi connectivity index (χ3n) is 4.67. The van der Waals surface area contributed by atoms with E-state index in [1.165, 1.54) is 0 Å². The van der Waals surface area contributed by atoms with Gasteiger partial charge in [-0.05, 0) is 61.5 Å². The number of H-pyrrole nitrogens is 1. The molecule has 128 valence electrons. The largest absolute Gasteiger partial charge is 0.349 e. The number of aromatic amines is 1. The Labute approximate surface area is 157 Å². The average Bonchev–Trinajstić information content (AvgIpc) is 3.08. The minimum absolute atomic E-state index is 0.460. The second-order valence-corrected chi connectivity index (χ2v) is 7.16. The number of benzene rings is 2. The van der Waals surface area contributed by atoms with E-state index in [0.29, 0.717) is 5.92 Å². The zero-order valence-corrected chi connectivity index (χ0v) is 15.3. The van der Waals surface area contributed by atoms with Crippen molar-refractivity contribution in [2.45, 2.75) is 18.8 Å². The molecule has 3 aromatic rings. The van der Waals surface area contributed by atoms with Gasteiger partial charge in [-0.25, -0.2) is 4.98 Å². The lowest BCUT2D eigenvalue weighted by Gasteiger charge is -2.33. The van der Waals surface area contributed by atoms with Gasteiger partial charge in [0, 0.05) is 29.7 Å². The molecule has 0 aliphatic carbocycles. The average molecular weight is 371 g/mol. The van der Waals surface area contributed by atoms with Gasteiger partial charge in [0.2, 0.25) is 0 Å². The number of nitrogens with zero attached hydrogens (tertiary/aromatic N) is 2. The summed E-state index contributed by atoms with van der Waals surface area (Å²) in [6.45, 7) is 1.86. The van der Waals surface area contributed by atoms with Crippen molar-refractivity contribution in [2.24, 2.45) is 0 Å². The Bertz CT molecular complexity index is 849. The molecule has 0 spiro atoms. The predicted molar refractivity (Wildman–Crippen MR) is 107 cm³/mol. The van der Waals surface area contributed by atoms with E-state index >= 15 is 0 Å². The van der Waals surface area contributed by atoms with Crippen LogP contribution in [0.4, 0.5) is 5.69 Å². The Kier molecular flexibility index (Phi) is 4.59. The molecule has 1 aliphatic rings. The van der Waals surface area contributed by atoms with Crippen molar-refractivity contribution >= 4 is 45.7 Å². The van der Waals surface area contributed by atoms with Crippen LogP contribution in [0.25, 0.3) is 11.0 Å². The van der Waals surface area contributed by atoms with Crippen molar-refractivity contribution in [1.29, 1.82) is 0 Å².